The Bertz CT molecular complexity index is 78.1. The molecule has 0 aromatic heterocycles. The summed E-state index contributed by atoms with van der Waals surface area (Å²) in [6.07, 6.45) is 2.55. The van der Waals surface area contributed by atoms with Crippen molar-refractivity contribution in [1.29, 1.82) is 0 Å². The predicted molar refractivity (Wildman–Crippen MR) is 43.8 cm³/mol. The van der Waals surface area contributed by atoms with Gasteiger partial charge >= 0.3 is 5.97 Å². The lowest BCUT2D eigenvalue weighted by Crippen LogP contribution is -1.98. The Morgan fingerprint density at radius 3 is 2.30 bits per heavy atom. The molecule has 3 nitrogen and oxygen atoms in total. The number of methoxy groups -OCH3 is 1. The van der Waals surface area contributed by atoms with Gasteiger partial charge in [0.25, 0.3) is 0 Å². The number of rotatable bonds is 3. The summed E-state index contributed by atoms with van der Waals surface area (Å²) >= 11 is 0. The average Bonchev–Trinajstić information content (AvgIpc) is 1.83. The summed E-state index contributed by atoms with van der Waals surface area (Å²) < 4.78 is 4.41. The van der Waals surface area contributed by atoms with Gasteiger partial charge in [0.1, 0.15) is 0 Å². The van der Waals surface area contributed by atoms with E-state index in [0.29, 0.717) is 6.42 Å². The monoisotopic (exact) mass is 169 g/mol. The molecule has 0 aliphatic heterocycles. The molecule has 3 N–H and O–H groups in total. The van der Waals surface area contributed by atoms with E-state index in [1.165, 1.54) is 7.11 Å². The van der Waals surface area contributed by atoms with Crippen molar-refractivity contribution in [2.45, 2.75) is 26.2 Å². The number of halogens is 1. The van der Waals surface area contributed by atoms with Gasteiger partial charge in [-0.05, 0) is 6.42 Å². The summed E-state index contributed by atoms with van der Waals surface area (Å²) in [7, 11) is 1.41. The lowest BCUT2D eigenvalue weighted by atomic mass is 10.3. The van der Waals surface area contributed by atoms with Crippen LogP contribution >= 0.6 is 12.4 Å². The molecule has 0 rings (SSSR count). The van der Waals surface area contributed by atoms with Crippen LogP contribution in [0.2, 0.25) is 0 Å². The highest BCUT2D eigenvalue weighted by Gasteiger charge is 1.95. The minimum atomic E-state index is -0.105. The van der Waals surface area contributed by atoms with Gasteiger partial charge in [-0.2, -0.15) is 0 Å². The molecule has 0 fully saturated rings. The lowest BCUT2D eigenvalue weighted by Gasteiger charge is -1.93. The van der Waals surface area contributed by atoms with Crippen molar-refractivity contribution < 1.29 is 9.53 Å². The molecule has 0 aromatic carbocycles. The largest absolute Gasteiger partial charge is 0.469 e. The molecule has 0 amide bonds. The molecule has 0 saturated heterocycles. The summed E-state index contributed by atoms with van der Waals surface area (Å²) in [5.74, 6) is -0.105. The standard InChI is InChI=1S/C6H12O2.ClH.H3N/c1-3-4-5-6(7)8-2;;/h3-5H2,1-2H3;1H;1H3. The minimum Gasteiger partial charge on any atom is -0.469 e. The molecule has 64 valence electrons. The van der Waals surface area contributed by atoms with Gasteiger partial charge in [-0.1, -0.05) is 13.3 Å². The molecule has 0 saturated carbocycles. The summed E-state index contributed by atoms with van der Waals surface area (Å²) in [5.41, 5.74) is 0. The zero-order valence-electron chi connectivity index (χ0n) is 6.55. The van der Waals surface area contributed by atoms with Crippen molar-refractivity contribution in [1.82, 2.24) is 6.15 Å². The van der Waals surface area contributed by atoms with Gasteiger partial charge in [0.05, 0.1) is 7.11 Å². The molecule has 0 aromatic rings. The van der Waals surface area contributed by atoms with Gasteiger partial charge in [0.2, 0.25) is 0 Å². The van der Waals surface area contributed by atoms with Crippen molar-refractivity contribution in [3.63, 3.8) is 0 Å². The van der Waals surface area contributed by atoms with E-state index in [1.54, 1.807) is 0 Å². The summed E-state index contributed by atoms with van der Waals surface area (Å²) in [5, 5.41) is 0. The van der Waals surface area contributed by atoms with Crippen molar-refractivity contribution in [2.75, 3.05) is 7.11 Å². The van der Waals surface area contributed by atoms with Gasteiger partial charge in [-0.3, -0.25) is 4.79 Å². The number of hydrogen-bond donors (Lipinski definition) is 1. The number of carbonyl (C=O) groups is 1. The van der Waals surface area contributed by atoms with Gasteiger partial charge in [0, 0.05) is 6.42 Å². The van der Waals surface area contributed by atoms with Gasteiger partial charge in [-0.15, -0.1) is 12.4 Å². The molecule has 0 spiro atoms. The van der Waals surface area contributed by atoms with Crippen LogP contribution in [0.3, 0.4) is 0 Å². The number of carbonyl (C=O) groups excluding carboxylic acids is 1. The van der Waals surface area contributed by atoms with Crippen LogP contribution in [-0.4, -0.2) is 13.1 Å². The SMILES string of the molecule is CCCCC(=O)OC.Cl.N. The second-order valence-electron chi connectivity index (χ2n) is 1.68. The van der Waals surface area contributed by atoms with Crippen LogP contribution < -0.4 is 6.15 Å². The molecular formula is C6H16ClNO2. The second-order valence-corrected chi connectivity index (χ2v) is 1.68. The highest BCUT2D eigenvalue weighted by molar-refractivity contribution is 5.85. The van der Waals surface area contributed by atoms with Crippen LogP contribution in [-0.2, 0) is 9.53 Å². The van der Waals surface area contributed by atoms with E-state index in [9.17, 15) is 4.79 Å². The minimum absolute atomic E-state index is 0. The number of ether oxygens (including phenoxy) is 1. The van der Waals surface area contributed by atoms with Crippen LogP contribution in [0.5, 0.6) is 0 Å². The van der Waals surface area contributed by atoms with Crippen LogP contribution in [0, 0.1) is 0 Å². The third-order valence-electron chi connectivity index (χ3n) is 0.962. The Kier molecular flexibility index (Phi) is 18.8. The fraction of sp³-hybridized carbons (Fsp3) is 0.833. The van der Waals surface area contributed by atoms with Crippen molar-refractivity contribution in [2.24, 2.45) is 0 Å². The first-order valence-corrected chi connectivity index (χ1v) is 2.88. The molecule has 0 aliphatic rings. The van der Waals surface area contributed by atoms with Crippen LogP contribution in [0.1, 0.15) is 26.2 Å². The lowest BCUT2D eigenvalue weighted by molar-refractivity contribution is -0.140. The molecule has 4 heteroatoms. The van der Waals surface area contributed by atoms with E-state index in [-0.39, 0.29) is 24.5 Å². The summed E-state index contributed by atoms with van der Waals surface area (Å²) in [6.45, 7) is 2.04. The fourth-order valence-corrected chi connectivity index (χ4v) is 0.423. The number of esters is 1. The molecule has 0 radical (unpaired) electrons. The summed E-state index contributed by atoms with van der Waals surface area (Å²) in [6, 6.07) is 0. The Labute approximate surface area is 68.1 Å². The molecule has 0 unspecified atom stereocenters. The maximum absolute atomic E-state index is 10.3. The molecule has 0 bridgehead atoms. The maximum atomic E-state index is 10.3. The zero-order valence-corrected chi connectivity index (χ0v) is 7.37. The topological polar surface area (TPSA) is 61.3 Å². The average molecular weight is 170 g/mol. The van der Waals surface area contributed by atoms with Crippen molar-refractivity contribution in [3.8, 4) is 0 Å². The van der Waals surface area contributed by atoms with E-state index in [1.807, 2.05) is 6.92 Å². The van der Waals surface area contributed by atoms with Crippen LogP contribution in [0.15, 0.2) is 0 Å². The molecular weight excluding hydrogens is 154 g/mol. The van der Waals surface area contributed by atoms with Gasteiger partial charge in [-0.25, -0.2) is 0 Å². The van der Waals surface area contributed by atoms with Crippen molar-refractivity contribution >= 4 is 18.4 Å². The first-order valence-electron chi connectivity index (χ1n) is 2.88. The fourth-order valence-electron chi connectivity index (χ4n) is 0.423. The van der Waals surface area contributed by atoms with Crippen LogP contribution in [0.25, 0.3) is 0 Å². The number of unbranched alkanes of at least 4 members (excludes halogenated alkanes) is 1. The Balaban J connectivity index is -0.000000245. The van der Waals surface area contributed by atoms with E-state index >= 15 is 0 Å². The first kappa shape index (κ1) is 16.4. The summed E-state index contributed by atoms with van der Waals surface area (Å²) in [4.78, 5) is 10.3. The normalized spacial score (nSPS) is 7.00. The zero-order chi connectivity index (χ0) is 6.41. The molecule has 0 atom stereocenters. The van der Waals surface area contributed by atoms with E-state index in [2.05, 4.69) is 4.74 Å². The highest BCUT2D eigenvalue weighted by Crippen LogP contribution is 1.94. The van der Waals surface area contributed by atoms with Crippen LogP contribution in [0.4, 0.5) is 0 Å². The van der Waals surface area contributed by atoms with Gasteiger partial charge < -0.3 is 10.9 Å². The molecule has 0 aliphatic carbocycles. The Morgan fingerprint density at radius 2 is 2.00 bits per heavy atom. The molecule has 0 heterocycles. The maximum Gasteiger partial charge on any atom is 0.305 e. The molecule has 10 heavy (non-hydrogen) atoms. The highest BCUT2D eigenvalue weighted by atomic mass is 35.5. The quantitative estimate of drug-likeness (QED) is 0.657. The Morgan fingerprint density at radius 1 is 1.50 bits per heavy atom. The smallest absolute Gasteiger partial charge is 0.305 e. The van der Waals surface area contributed by atoms with E-state index in [4.69, 9.17) is 0 Å². The second kappa shape index (κ2) is 11.5. The van der Waals surface area contributed by atoms with Crippen molar-refractivity contribution in [3.05, 3.63) is 0 Å². The van der Waals surface area contributed by atoms with E-state index in [0.717, 1.165) is 12.8 Å². The third-order valence-corrected chi connectivity index (χ3v) is 0.962. The van der Waals surface area contributed by atoms with Gasteiger partial charge in [0.15, 0.2) is 0 Å². The Hall–Kier alpha value is -0.280. The van der Waals surface area contributed by atoms with E-state index < -0.39 is 0 Å². The number of hydrogen-bond acceptors (Lipinski definition) is 3. The first-order chi connectivity index (χ1) is 3.81. The third kappa shape index (κ3) is 10.7. The predicted octanol–water partition coefficient (Wildman–Crippen LogP) is 1.93.